The lowest BCUT2D eigenvalue weighted by atomic mass is 10.0. The molecule has 0 aromatic heterocycles. The average molecular weight is 233 g/mol. The predicted molar refractivity (Wildman–Crippen MR) is 69.6 cm³/mol. The van der Waals surface area contributed by atoms with Gasteiger partial charge in [0, 0.05) is 28.3 Å². The number of hydrogen-bond acceptors (Lipinski definition) is 2. The molecule has 0 aliphatic heterocycles. The van der Waals surface area contributed by atoms with Gasteiger partial charge in [-0.1, -0.05) is 41.0 Å². The second kappa shape index (κ2) is 8.28. The second-order valence-corrected chi connectivity index (χ2v) is 6.26. The van der Waals surface area contributed by atoms with Crippen molar-refractivity contribution in [2.24, 2.45) is 11.8 Å². The lowest BCUT2D eigenvalue weighted by Gasteiger charge is -2.23. The summed E-state index contributed by atoms with van der Waals surface area (Å²) in [5.74, 6) is 2.78. The molecule has 0 bridgehead atoms. The quantitative estimate of drug-likeness (QED) is 0.697. The minimum absolute atomic E-state index is 0.416. The highest BCUT2D eigenvalue weighted by molar-refractivity contribution is 7.85. The first-order chi connectivity index (χ1) is 7.01. The number of nitrogens with one attached hydrogen (secondary N) is 1. The highest BCUT2D eigenvalue weighted by atomic mass is 32.2. The lowest BCUT2D eigenvalue weighted by molar-refractivity contribution is 0.401. The highest BCUT2D eigenvalue weighted by Gasteiger charge is 2.17. The molecule has 0 aliphatic rings. The summed E-state index contributed by atoms with van der Waals surface area (Å²) < 4.78 is 11.8. The van der Waals surface area contributed by atoms with Crippen LogP contribution in [0.2, 0.25) is 0 Å². The van der Waals surface area contributed by atoms with Crippen LogP contribution in [0.1, 0.15) is 41.0 Å². The van der Waals surface area contributed by atoms with Gasteiger partial charge in [-0.15, -0.1) is 0 Å². The molecule has 0 aromatic rings. The maximum absolute atomic E-state index is 11.8. The molecule has 0 saturated heterocycles. The fourth-order valence-corrected chi connectivity index (χ4v) is 3.34. The molecule has 0 fully saturated rings. The molecule has 92 valence electrons. The van der Waals surface area contributed by atoms with Crippen LogP contribution in [-0.4, -0.2) is 28.3 Å². The molecule has 3 heteroatoms. The fraction of sp³-hybridized carbons (Fsp3) is 1.00. The second-order valence-electron chi connectivity index (χ2n) is 4.72. The van der Waals surface area contributed by atoms with Crippen molar-refractivity contribution in [1.29, 1.82) is 0 Å². The predicted octanol–water partition coefficient (Wildman–Crippen LogP) is 2.42. The maximum Gasteiger partial charge on any atom is 0.0391 e. The van der Waals surface area contributed by atoms with Crippen LogP contribution >= 0.6 is 0 Å². The molecule has 3 atom stereocenters. The van der Waals surface area contributed by atoms with Gasteiger partial charge in [0.05, 0.1) is 0 Å². The van der Waals surface area contributed by atoms with E-state index >= 15 is 0 Å². The first kappa shape index (κ1) is 15.1. The van der Waals surface area contributed by atoms with Gasteiger partial charge in [-0.05, 0) is 18.4 Å². The van der Waals surface area contributed by atoms with Gasteiger partial charge in [-0.3, -0.25) is 4.21 Å². The van der Waals surface area contributed by atoms with E-state index in [0.29, 0.717) is 17.9 Å². The van der Waals surface area contributed by atoms with Crippen molar-refractivity contribution in [2.45, 2.75) is 47.1 Å². The number of rotatable bonds is 8. The maximum atomic E-state index is 11.8. The summed E-state index contributed by atoms with van der Waals surface area (Å²) in [5, 5.41) is 3.44. The fourth-order valence-electron chi connectivity index (χ4n) is 1.61. The van der Waals surface area contributed by atoms with Gasteiger partial charge in [0.25, 0.3) is 0 Å². The summed E-state index contributed by atoms with van der Waals surface area (Å²) in [6.07, 6.45) is 1.15. The van der Waals surface area contributed by atoms with E-state index in [9.17, 15) is 4.21 Å². The molecule has 0 saturated carbocycles. The molecule has 15 heavy (non-hydrogen) atoms. The van der Waals surface area contributed by atoms with E-state index in [1.54, 1.807) is 0 Å². The van der Waals surface area contributed by atoms with Crippen LogP contribution in [0.25, 0.3) is 0 Å². The van der Waals surface area contributed by atoms with E-state index in [1.807, 2.05) is 0 Å². The third-order valence-electron chi connectivity index (χ3n) is 2.68. The Hall–Kier alpha value is 0.110. The Balaban J connectivity index is 4.09. The van der Waals surface area contributed by atoms with E-state index in [-0.39, 0.29) is 0 Å². The third kappa shape index (κ3) is 7.07. The molecule has 0 aliphatic carbocycles. The van der Waals surface area contributed by atoms with Crippen LogP contribution in [0.3, 0.4) is 0 Å². The van der Waals surface area contributed by atoms with Crippen molar-refractivity contribution < 1.29 is 4.21 Å². The molecule has 0 aromatic carbocycles. The van der Waals surface area contributed by atoms with Gasteiger partial charge in [0.2, 0.25) is 0 Å². The van der Waals surface area contributed by atoms with E-state index in [0.717, 1.165) is 24.5 Å². The van der Waals surface area contributed by atoms with Gasteiger partial charge in [-0.2, -0.15) is 0 Å². The molecule has 2 nitrogen and oxygen atoms in total. The van der Waals surface area contributed by atoms with Crippen LogP contribution in [0.4, 0.5) is 0 Å². The molecule has 0 radical (unpaired) electrons. The Bertz CT molecular complexity index is 182. The van der Waals surface area contributed by atoms with Crippen molar-refractivity contribution in [1.82, 2.24) is 5.32 Å². The van der Waals surface area contributed by atoms with Gasteiger partial charge in [0.15, 0.2) is 0 Å². The zero-order valence-corrected chi connectivity index (χ0v) is 11.7. The number of hydrogen-bond donors (Lipinski definition) is 1. The van der Waals surface area contributed by atoms with Crippen LogP contribution < -0.4 is 5.32 Å². The van der Waals surface area contributed by atoms with Crippen LogP contribution in [0.5, 0.6) is 0 Å². The summed E-state index contributed by atoms with van der Waals surface area (Å²) in [4.78, 5) is 0. The summed E-state index contributed by atoms with van der Waals surface area (Å²) in [6, 6.07) is 0.416. The van der Waals surface area contributed by atoms with E-state index < -0.39 is 10.8 Å². The topological polar surface area (TPSA) is 29.1 Å². The minimum Gasteiger partial charge on any atom is -0.313 e. The van der Waals surface area contributed by atoms with Crippen molar-refractivity contribution in [2.75, 3.05) is 18.1 Å². The van der Waals surface area contributed by atoms with Crippen molar-refractivity contribution in [3.8, 4) is 0 Å². The zero-order chi connectivity index (χ0) is 11.8. The first-order valence-electron chi connectivity index (χ1n) is 6.09. The first-order valence-corrected chi connectivity index (χ1v) is 7.58. The van der Waals surface area contributed by atoms with Crippen molar-refractivity contribution in [3.63, 3.8) is 0 Å². The Labute approximate surface area is 97.7 Å². The standard InChI is InChI=1S/C12H27NOS/c1-6-11(5)12(13-7-2)9-15(14)8-10(3)4/h10-13H,6-9H2,1-5H3. The van der Waals surface area contributed by atoms with Gasteiger partial charge in [-0.25, -0.2) is 0 Å². The summed E-state index contributed by atoms with van der Waals surface area (Å²) >= 11 is 0. The monoisotopic (exact) mass is 233 g/mol. The Morgan fingerprint density at radius 3 is 2.13 bits per heavy atom. The molecule has 0 amide bonds. The van der Waals surface area contributed by atoms with Crippen molar-refractivity contribution in [3.05, 3.63) is 0 Å². The largest absolute Gasteiger partial charge is 0.313 e. The Kier molecular flexibility index (Phi) is 8.34. The summed E-state index contributed by atoms with van der Waals surface area (Å²) in [5.41, 5.74) is 0. The Morgan fingerprint density at radius 1 is 1.13 bits per heavy atom. The van der Waals surface area contributed by atoms with E-state index in [4.69, 9.17) is 0 Å². The van der Waals surface area contributed by atoms with Gasteiger partial charge >= 0.3 is 0 Å². The third-order valence-corrected chi connectivity index (χ3v) is 4.45. The normalized spacial score (nSPS) is 17.7. The van der Waals surface area contributed by atoms with Crippen LogP contribution in [0.15, 0.2) is 0 Å². The molecular weight excluding hydrogens is 206 g/mol. The summed E-state index contributed by atoms with van der Waals surface area (Å²) in [6.45, 7) is 11.8. The summed E-state index contributed by atoms with van der Waals surface area (Å²) in [7, 11) is -0.666. The minimum atomic E-state index is -0.666. The van der Waals surface area contributed by atoms with Crippen molar-refractivity contribution >= 4 is 10.8 Å². The molecule has 0 spiro atoms. The molecule has 0 rings (SSSR count). The Morgan fingerprint density at radius 2 is 1.73 bits per heavy atom. The van der Waals surface area contributed by atoms with E-state index in [2.05, 4.69) is 39.9 Å². The smallest absolute Gasteiger partial charge is 0.0391 e. The lowest BCUT2D eigenvalue weighted by Crippen LogP contribution is -2.39. The molecule has 3 unspecified atom stereocenters. The highest BCUT2D eigenvalue weighted by Crippen LogP contribution is 2.10. The van der Waals surface area contributed by atoms with Crippen LogP contribution in [-0.2, 0) is 10.8 Å². The average Bonchev–Trinajstić information content (AvgIpc) is 2.14. The zero-order valence-electron chi connectivity index (χ0n) is 10.9. The SMILES string of the molecule is CCNC(CS(=O)CC(C)C)C(C)CC. The molecule has 0 heterocycles. The molecular formula is C12H27NOS. The molecule has 1 N–H and O–H groups in total. The van der Waals surface area contributed by atoms with Gasteiger partial charge in [0.1, 0.15) is 0 Å². The van der Waals surface area contributed by atoms with Gasteiger partial charge < -0.3 is 5.32 Å². The van der Waals surface area contributed by atoms with E-state index in [1.165, 1.54) is 0 Å². The van der Waals surface area contributed by atoms with Crippen LogP contribution in [0, 0.1) is 11.8 Å².